The van der Waals surface area contributed by atoms with Gasteiger partial charge in [-0.25, -0.2) is 0 Å². The molecule has 0 bridgehead atoms. The Bertz CT molecular complexity index is 863. The fourth-order valence-corrected chi connectivity index (χ4v) is 3.12. The van der Waals surface area contributed by atoms with Crippen molar-refractivity contribution in [3.8, 4) is 5.75 Å². The maximum Gasteiger partial charge on any atom is 0.253 e. The highest BCUT2D eigenvalue weighted by molar-refractivity contribution is 5.94. The molecule has 7 heteroatoms. The largest absolute Gasteiger partial charge is 0.494 e. The second-order valence-electron chi connectivity index (χ2n) is 8.15. The quantitative estimate of drug-likeness (QED) is 0.320. The Kier molecular flexibility index (Phi) is 10.5. The van der Waals surface area contributed by atoms with E-state index >= 15 is 0 Å². The number of nitrogens with one attached hydrogen (secondary N) is 2. The normalized spacial score (nSPS) is 11.4. The fourth-order valence-electron chi connectivity index (χ4n) is 3.12. The van der Waals surface area contributed by atoms with Crippen LogP contribution in [-0.2, 0) is 13.0 Å². The third kappa shape index (κ3) is 8.98. The number of ether oxygens (including phenoxy) is 1. The van der Waals surface area contributed by atoms with Crippen LogP contribution in [0.15, 0.2) is 53.5 Å². The van der Waals surface area contributed by atoms with E-state index in [9.17, 15) is 4.79 Å². The van der Waals surface area contributed by atoms with E-state index in [0.717, 1.165) is 55.4 Å². The number of carbonyl (C=O) groups excluding carboxylic acids is 1. The van der Waals surface area contributed by atoms with Crippen LogP contribution in [-0.4, -0.2) is 76.6 Å². The fraction of sp³-hybridized carbons (Fsp3) is 0.440. The zero-order valence-corrected chi connectivity index (χ0v) is 20.0. The Labute approximate surface area is 192 Å². The van der Waals surface area contributed by atoms with Gasteiger partial charge in [-0.2, -0.15) is 0 Å². The molecule has 7 nitrogen and oxygen atoms in total. The van der Waals surface area contributed by atoms with Crippen molar-refractivity contribution in [2.24, 2.45) is 4.99 Å². The van der Waals surface area contributed by atoms with E-state index in [0.29, 0.717) is 12.1 Å². The summed E-state index contributed by atoms with van der Waals surface area (Å²) in [5.41, 5.74) is 2.98. The summed E-state index contributed by atoms with van der Waals surface area (Å²) in [5.74, 6) is 1.65. The van der Waals surface area contributed by atoms with Gasteiger partial charge in [0.2, 0.25) is 0 Å². The smallest absolute Gasteiger partial charge is 0.253 e. The van der Waals surface area contributed by atoms with Gasteiger partial charge in [0.25, 0.3) is 5.91 Å². The molecule has 0 spiro atoms. The molecule has 2 aromatic rings. The van der Waals surface area contributed by atoms with E-state index in [-0.39, 0.29) is 5.91 Å². The molecule has 0 aliphatic rings. The van der Waals surface area contributed by atoms with Crippen LogP contribution in [0.4, 0.5) is 0 Å². The summed E-state index contributed by atoms with van der Waals surface area (Å²) in [4.78, 5) is 20.2. The molecule has 0 fully saturated rings. The molecule has 0 radical (unpaired) electrons. The van der Waals surface area contributed by atoms with Crippen LogP contribution >= 0.6 is 0 Å². The van der Waals surface area contributed by atoms with Gasteiger partial charge in [-0.05, 0) is 62.3 Å². The van der Waals surface area contributed by atoms with Crippen molar-refractivity contribution in [1.82, 2.24) is 20.4 Å². The van der Waals surface area contributed by atoms with Gasteiger partial charge in [0.15, 0.2) is 5.96 Å². The number of benzene rings is 2. The molecule has 0 aliphatic carbocycles. The van der Waals surface area contributed by atoms with Gasteiger partial charge in [0.05, 0.1) is 6.61 Å². The number of amides is 1. The van der Waals surface area contributed by atoms with Crippen LogP contribution in [0.25, 0.3) is 0 Å². The molecule has 0 saturated heterocycles. The van der Waals surface area contributed by atoms with Crippen LogP contribution < -0.4 is 15.4 Å². The number of guanidine groups is 1. The standard InChI is InChI=1S/C25H37N5O2/c1-26-25(27-15-14-20-8-6-9-22(18-20)24(31)30(4)5)28-19-21-10-12-23(13-11-21)32-17-7-16-29(2)3/h6,8-13,18H,7,14-17,19H2,1-5H3,(H2,26,27,28). The zero-order valence-electron chi connectivity index (χ0n) is 20.0. The van der Waals surface area contributed by atoms with Crippen molar-refractivity contribution in [2.45, 2.75) is 19.4 Å². The average Bonchev–Trinajstić information content (AvgIpc) is 2.79. The van der Waals surface area contributed by atoms with Gasteiger partial charge in [0.1, 0.15) is 5.75 Å². The third-order valence-corrected chi connectivity index (χ3v) is 4.91. The molecule has 0 aliphatic heterocycles. The zero-order chi connectivity index (χ0) is 23.3. The maximum absolute atomic E-state index is 12.1. The predicted molar refractivity (Wildman–Crippen MR) is 131 cm³/mol. The van der Waals surface area contributed by atoms with Gasteiger partial charge in [-0.1, -0.05) is 24.3 Å². The third-order valence-electron chi connectivity index (χ3n) is 4.91. The molecule has 2 aromatic carbocycles. The molecule has 0 aromatic heterocycles. The molecule has 32 heavy (non-hydrogen) atoms. The Morgan fingerprint density at radius 2 is 1.75 bits per heavy atom. The molecule has 0 saturated carbocycles. The van der Waals surface area contributed by atoms with Crippen LogP contribution in [0.1, 0.15) is 27.9 Å². The van der Waals surface area contributed by atoms with E-state index in [2.05, 4.69) is 46.8 Å². The summed E-state index contributed by atoms with van der Waals surface area (Å²) in [6.45, 7) is 3.14. The van der Waals surface area contributed by atoms with E-state index in [1.54, 1.807) is 26.0 Å². The van der Waals surface area contributed by atoms with Crippen molar-refractivity contribution >= 4 is 11.9 Å². The molecule has 0 unspecified atom stereocenters. The lowest BCUT2D eigenvalue weighted by atomic mass is 10.1. The van der Waals surface area contributed by atoms with E-state index in [1.807, 2.05) is 36.4 Å². The Balaban J connectivity index is 1.74. The molecule has 2 N–H and O–H groups in total. The minimum atomic E-state index is 0.0160. The first-order valence-electron chi connectivity index (χ1n) is 11.0. The summed E-state index contributed by atoms with van der Waals surface area (Å²) >= 11 is 0. The number of nitrogens with zero attached hydrogens (tertiary/aromatic N) is 3. The minimum Gasteiger partial charge on any atom is -0.494 e. The summed E-state index contributed by atoms with van der Waals surface area (Å²) in [6, 6.07) is 15.9. The second-order valence-corrected chi connectivity index (χ2v) is 8.15. The molecule has 0 heterocycles. The number of aliphatic imine (C=N–C) groups is 1. The first kappa shape index (κ1) is 25.2. The number of rotatable bonds is 11. The van der Waals surface area contributed by atoms with Crippen molar-refractivity contribution in [3.05, 3.63) is 65.2 Å². The van der Waals surface area contributed by atoms with E-state index in [1.165, 1.54) is 0 Å². The summed E-state index contributed by atoms with van der Waals surface area (Å²) in [7, 11) is 9.42. The molecule has 174 valence electrons. The van der Waals surface area contributed by atoms with Crippen LogP contribution in [0.2, 0.25) is 0 Å². The highest BCUT2D eigenvalue weighted by atomic mass is 16.5. The molecular formula is C25H37N5O2. The lowest BCUT2D eigenvalue weighted by Gasteiger charge is -2.14. The Hall–Kier alpha value is -3.06. The van der Waals surface area contributed by atoms with Crippen LogP contribution in [0.3, 0.4) is 0 Å². The highest BCUT2D eigenvalue weighted by Gasteiger charge is 2.08. The molecule has 1 amide bonds. The second kappa shape index (κ2) is 13.4. The van der Waals surface area contributed by atoms with Gasteiger partial charge >= 0.3 is 0 Å². The SMILES string of the molecule is CN=C(NCCc1cccc(C(=O)N(C)C)c1)NCc1ccc(OCCCN(C)C)cc1. The molecule has 2 rings (SSSR count). The van der Waals surface area contributed by atoms with Crippen LogP contribution in [0.5, 0.6) is 5.75 Å². The van der Waals surface area contributed by atoms with Crippen molar-refractivity contribution < 1.29 is 9.53 Å². The van der Waals surface area contributed by atoms with Crippen molar-refractivity contribution in [2.75, 3.05) is 54.9 Å². The maximum atomic E-state index is 12.1. The summed E-state index contributed by atoms with van der Waals surface area (Å²) < 4.78 is 5.78. The van der Waals surface area contributed by atoms with E-state index < -0.39 is 0 Å². The molecule has 0 atom stereocenters. The minimum absolute atomic E-state index is 0.0160. The van der Waals surface area contributed by atoms with Crippen molar-refractivity contribution in [1.29, 1.82) is 0 Å². The number of hydrogen-bond acceptors (Lipinski definition) is 4. The lowest BCUT2D eigenvalue weighted by Crippen LogP contribution is -2.37. The summed E-state index contributed by atoms with van der Waals surface area (Å²) in [5, 5.41) is 6.66. The van der Waals surface area contributed by atoms with Gasteiger partial charge < -0.3 is 25.2 Å². The first-order chi connectivity index (χ1) is 15.4. The van der Waals surface area contributed by atoms with Crippen molar-refractivity contribution in [3.63, 3.8) is 0 Å². The number of hydrogen-bond donors (Lipinski definition) is 2. The molecular weight excluding hydrogens is 402 g/mol. The predicted octanol–water partition coefficient (Wildman–Crippen LogP) is 2.63. The Morgan fingerprint density at radius 3 is 2.41 bits per heavy atom. The summed E-state index contributed by atoms with van der Waals surface area (Å²) in [6.07, 6.45) is 1.81. The van der Waals surface area contributed by atoms with Gasteiger partial charge in [0, 0.05) is 46.3 Å². The Morgan fingerprint density at radius 1 is 1.00 bits per heavy atom. The topological polar surface area (TPSA) is 69.2 Å². The lowest BCUT2D eigenvalue weighted by molar-refractivity contribution is 0.0827. The number of carbonyl (C=O) groups is 1. The highest BCUT2D eigenvalue weighted by Crippen LogP contribution is 2.12. The van der Waals surface area contributed by atoms with Crippen LogP contribution in [0, 0.1) is 0 Å². The van der Waals surface area contributed by atoms with Gasteiger partial charge in [-0.15, -0.1) is 0 Å². The van der Waals surface area contributed by atoms with Gasteiger partial charge in [-0.3, -0.25) is 9.79 Å². The first-order valence-corrected chi connectivity index (χ1v) is 11.0. The monoisotopic (exact) mass is 439 g/mol. The average molecular weight is 440 g/mol. The van der Waals surface area contributed by atoms with E-state index in [4.69, 9.17) is 4.74 Å².